The van der Waals surface area contributed by atoms with Crippen molar-refractivity contribution in [3.63, 3.8) is 0 Å². The minimum absolute atomic E-state index is 0.0953. The molecular weight excluding hydrogens is 540 g/mol. The second kappa shape index (κ2) is 11.4. The number of hydrogen-bond acceptors (Lipinski definition) is 8. The van der Waals surface area contributed by atoms with Crippen molar-refractivity contribution in [2.45, 2.75) is 52.5 Å². The van der Waals surface area contributed by atoms with Gasteiger partial charge in [0.05, 0.1) is 35.3 Å². The molecule has 2 aliphatic rings. The topological polar surface area (TPSA) is 112 Å². The Kier molecular flexibility index (Phi) is 7.64. The van der Waals surface area contributed by atoms with Crippen LogP contribution < -0.4 is 10.1 Å². The first-order chi connectivity index (χ1) is 20.7. The van der Waals surface area contributed by atoms with E-state index in [2.05, 4.69) is 36.0 Å². The van der Waals surface area contributed by atoms with Crippen molar-refractivity contribution in [3.05, 3.63) is 58.8 Å². The second-order valence-corrected chi connectivity index (χ2v) is 12.0. The molecule has 2 fully saturated rings. The molecule has 0 aliphatic carbocycles. The second-order valence-electron chi connectivity index (χ2n) is 12.0. The van der Waals surface area contributed by atoms with Gasteiger partial charge in [-0.1, -0.05) is 13.8 Å². The van der Waals surface area contributed by atoms with Crippen LogP contribution in [-0.2, 0) is 7.05 Å². The Morgan fingerprint density at radius 1 is 1.19 bits per heavy atom. The maximum absolute atomic E-state index is 14.0. The Morgan fingerprint density at radius 3 is 2.74 bits per heavy atom. The molecule has 0 aromatic carbocycles. The number of fused-ring (bicyclic) bond motifs is 2. The number of carbonyl (C=O) groups is 1. The van der Waals surface area contributed by atoms with Crippen molar-refractivity contribution in [2.75, 3.05) is 38.6 Å². The average Bonchev–Trinajstić information content (AvgIpc) is 3.57. The van der Waals surface area contributed by atoms with Gasteiger partial charge in [-0.05, 0) is 56.8 Å². The molecule has 2 aliphatic heterocycles. The Bertz CT molecular complexity index is 1730. The minimum atomic E-state index is 0.0953. The van der Waals surface area contributed by atoms with Crippen molar-refractivity contribution in [1.82, 2.24) is 29.3 Å². The number of aromatic nitrogens is 4. The number of nitrogens with zero attached hydrogens (tertiary/aromatic N) is 6. The molecular formula is C33H40N8O2. The van der Waals surface area contributed by atoms with Crippen LogP contribution in [0.1, 0.15) is 65.6 Å². The lowest BCUT2D eigenvalue weighted by atomic mass is 10.0. The standard InChI is InChI=1S/C33H40N8O2/c1-19(2)31-30-20(3)32(33(42)41-13-12-40-11-7-8-22(40)18-41)39(5)27(30)15-29(38-31)37-25-14-26(36-21(4)23(25)16-34)24-17-35-10-9-28(24)43-6/h9-10,14-17,19,22,34H,7-8,11-13,18H2,1-6H3,(H,36,37,38). The Hall–Kier alpha value is -4.31. The molecule has 6 heterocycles. The van der Waals surface area contributed by atoms with E-state index in [0.29, 0.717) is 40.2 Å². The van der Waals surface area contributed by atoms with Crippen LogP contribution in [0.25, 0.3) is 22.2 Å². The Morgan fingerprint density at radius 2 is 2.00 bits per heavy atom. The summed E-state index contributed by atoms with van der Waals surface area (Å²) in [6.45, 7) is 11.8. The lowest BCUT2D eigenvalue weighted by Gasteiger charge is -2.37. The lowest BCUT2D eigenvalue weighted by molar-refractivity contribution is 0.0562. The molecule has 10 nitrogen and oxygen atoms in total. The number of aryl methyl sites for hydroxylation is 3. The van der Waals surface area contributed by atoms with E-state index in [0.717, 1.165) is 66.0 Å². The highest BCUT2D eigenvalue weighted by molar-refractivity contribution is 6.03. The Labute approximate surface area is 252 Å². The summed E-state index contributed by atoms with van der Waals surface area (Å²) in [4.78, 5) is 32.7. The van der Waals surface area contributed by atoms with Gasteiger partial charge in [0, 0.05) is 74.0 Å². The van der Waals surface area contributed by atoms with Crippen LogP contribution in [0, 0.1) is 19.3 Å². The molecule has 0 bridgehead atoms. The lowest BCUT2D eigenvalue weighted by Crippen LogP contribution is -2.52. The van der Waals surface area contributed by atoms with Gasteiger partial charge in [0.2, 0.25) is 0 Å². The fraction of sp³-hybridized carbons (Fsp3) is 0.424. The third kappa shape index (κ3) is 5.03. The summed E-state index contributed by atoms with van der Waals surface area (Å²) in [6, 6.07) is 6.19. The van der Waals surface area contributed by atoms with Gasteiger partial charge in [-0.2, -0.15) is 0 Å². The van der Waals surface area contributed by atoms with E-state index < -0.39 is 0 Å². The van der Waals surface area contributed by atoms with Gasteiger partial charge >= 0.3 is 0 Å². The fourth-order valence-corrected chi connectivity index (χ4v) is 6.80. The maximum atomic E-state index is 14.0. The number of nitrogens with one attached hydrogen (secondary N) is 2. The van der Waals surface area contributed by atoms with Crippen molar-refractivity contribution in [2.24, 2.45) is 7.05 Å². The van der Waals surface area contributed by atoms with E-state index in [9.17, 15) is 4.79 Å². The van der Waals surface area contributed by atoms with E-state index in [1.807, 2.05) is 35.6 Å². The highest BCUT2D eigenvalue weighted by Crippen LogP contribution is 2.36. The summed E-state index contributed by atoms with van der Waals surface area (Å²) in [7, 11) is 3.60. The number of amides is 1. The van der Waals surface area contributed by atoms with Gasteiger partial charge in [-0.15, -0.1) is 0 Å². The van der Waals surface area contributed by atoms with Crippen molar-refractivity contribution < 1.29 is 9.53 Å². The Balaban J connectivity index is 1.42. The summed E-state index contributed by atoms with van der Waals surface area (Å²) in [5.74, 6) is 1.54. The van der Waals surface area contributed by atoms with Crippen LogP contribution in [0.5, 0.6) is 5.75 Å². The largest absolute Gasteiger partial charge is 0.496 e. The molecule has 2 N–H and O–H groups in total. The SMILES string of the molecule is COc1ccncc1-c1cc(Nc2cc3c(c(C(C)C)n2)c(C)c(C(=O)N2CCN4CCCC4C2)n3C)c(C=N)c(C)n1. The zero-order valence-electron chi connectivity index (χ0n) is 25.9. The van der Waals surface area contributed by atoms with Gasteiger partial charge in [-0.3, -0.25) is 19.7 Å². The number of hydrogen-bond donors (Lipinski definition) is 2. The van der Waals surface area contributed by atoms with Crippen LogP contribution in [-0.4, -0.2) is 80.8 Å². The average molecular weight is 581 g/mol. The van der Waals surface area contributed by atoms with Gasteiger partial charge < -0.3 is 24.9 Å². The number of anilines is 2. The van der Waals surface area contributed by atoms with Gasteiger partial charge in [-0.25, -0.2) is 4.98 Å². The highest BCUT2D eigenvalue weighted by atomic mass is 16.5. The normalized spacial score (nSPS) is 17.0. The molecule has 0 radical (unpaired) electrons. The highest BCUT2D eigenvalue weighted by Gasteiger charge is 2.34. The van der Waals surface area contributed by atoms with Crippen LogP contribution in [0.2, 0.25) is 0 Å². The molecule has 0 saturated carbocycles. The van der Waals surface area contributed by atoms with E-state index in [1.165, 1.54) is 12.6 Å². The summed E-state index contributed by atoms with van der Waals surface area (Å²) >= 11 is 0. The maximum Gasteiger partial charge on any atom is 0.270 e. The van der Waals surface area contributed by atoms with Crippen LogP contribution in [0.4, 0.5) is 11.5 Å². The quantitative estimate of drug-likeness (QED) is 0.280. The minimum Gasteiger partial charge on any atom is -0.496 e. The first-order valence-corrected chi connectivity index (χ1v) is 15.0. The molecule has 1 amide bonds. The summed E-state index contributed by atoms with van der Waals surface area (Å²) in [5.41, 5.74) is 7.13. The van der Waals surface area contributed by atoms with E-state index in [-0.39, 0.29) is 11.8 Å². The van der Waals surface area contributed by atoms with E-state index in [1.54, 1.807) is 25.6 Å². The molecule has 1 unspecified atom stereocenters. The van der Waals surface area contributed by atoms with Gasteiger partial charge in [0.1, 0.15) is 17.3 Å². The molecule has 10 heteroatoms. The predicted octanol–water partition coefficient (Wildman–Crippen LogP) is 5.44. The third-order valence-electron chi connectivity index (χ3n) is 9.01. The smallest absolute Gasteiger partial charge is 0.270 e. The fourth-order valence-electron chi connectivity index (χ4n) is 6.80. The monoisotopic (exact) mass is 580 g/mol. The van der Waals surface area contributed by atoms with Crippen molar-refractivity contribution in [1.29, 1.82) is 5.41 Å². The number of pyridine rings is 3. The summed E-state index contributed by atoms with van der Waals surface area (Å²) in [6.07, 6.45) is 7.10. The first kappa shape index (κ1) is 28.8. The number of ether oxygens (including phenoxy) is 1. The number of carbonyl (C=O) groups excluding carboxylic acids is 1. The summed E-state index contributed by atoms with van der Waals surface area (Å²) in [5, 5.41) is 12.7. The molecule has 4 aromatic heterocycles. The van der Waals surface area contributed by atoms with Gasteiger partial charge in [0.15, 0.2) is 0 Å². The van der Waals surface area contributed by atoms with Gasteiger partial charge in [0.25, 0.3) is 5.91 Å². The van der Waals surface area contributed by atoms with E-state index in [4.69, 9.17) is 20.1 Å². The summed E-state index contributed by atoms with van der Waals surface area (Å²) < 4.78 is 7.60. The van der Waals surface area contributed by atoms with E-state index >= 15 is 0 Å². The predicted molar refractivity (Wildman–Crippen MR) is 170 cm³/mol. The van der Waals surface area contributed by atoms with Crippen LogP contribution >= 0.6 is 0 Å². The molecule has 4 aromatic rings. The zero-order chi connectivity index (χ0) is 30.4. The van der Waals surface area contributed by atoms with Crippen molar-refractivity contribution in [3.8, 4) is 17.0 Å². The molecule has 1 atom stereocenters. The first-order valence-electron chi connectivity index (χ1n) is 15.0. The third-order valence-corrected chi connectivity index (χ3v) is 9.01. The van der Waals surface area contributed by atoms with Crippen LogP contribution in [0.15, 0.2) is 30.6 Å². The molecule has 0 spiro atoms. The number of piperazine rings is 1. The molecule has 43 heavy (non-hydrogen) atoms. The molecule has 6 rings (SSSR count). The number of rotatable bonds is 7. The number of methoxy groups -OCH3 is 1. The zero-order valence-corrected chi connectivity index (χ0v) is 25.9. The van der Waals surface area contributed by atoms with Crippen molar-refractivity contribution >= 4 is 34.5 Å². The molecule has 2 saturated heterocycles. The molecule has 224 valence electrons. The van der Waals surface area contributed by atoms with Crippen LogP contribution in [0.3, 0.4) is 0 Å².